The molecule has 3 aliphatic rings. The summed E-state index contributed by atoms with van der Waals surface area (Å²) in [5, 5.41) is 3.04. The fourth-order valence-electron chi connectivity index (χ4n) is 5.46. The lowest BCUT2D eigenvalue weighted by Crippen LogP contribution is -2.43. The van der Waals surface area contributed by atoms with Gasteiger partial charge < -0.3 is 19.7 Å². The van der Waals surface area contributed by atoms with Crippen molar-refractivity contribution in [3.05, 3.63) is 0 Å². The van der Waals surface area contributed by atoms with E-state index >= 15 is 0 Å². The third kappa shape index (κ3) is 5.30. The molecule has 3 fully saturated rings. The number of nitrogens with one attached hydrogen (secondary N) is 1. The molecule has 29 heavy (non-hydrogen) atoms. The second-order valence-electron chi connectivity index (χ2n) is 9.07. The van der Waals surface area contributed by atoms with Crippen LogP contribution in [-0.2, 0) is 19.1 Å². The Hall–Kier alpha value is -1.18. The molecule has 0 aromatic heterocycles. The first-order chi connectivity index (χ1) is 13.9. The first kappa shape index (κ1) is 22.5. The van der Waals surface area contributed by atoms with Gasteiger partial charge in [0.2, 0.25) is 11.8 Å². The van der Waals surface area contributed by atoms with E-state index in [1.165, 1.54) is 0 Å². The van der Waals surface area contributed by atoms with Crippen LogP contribution >= 0.6 is 0 Å². The average Bonchev–Trinajstić information content (AvgIpc) is 3.25. The number of ether oxygens (including phenoxy) is 2. The van der Waals surface area contributed by atoms with Gasteiger partial charge in [0.05, 0.1) is 32.3 Å². The van der Waals surface area contributed by atoms with Gasteiger partial charge in [-0.2, -0.15) is 0 Å². The number of carbonyl (C=O) groups excluding carboxylic acids is 2. The molecular weight excluding hydrogens is 370 g/mol. The molecule has 3 rings (SSSR count). The van der Waals surface area contributed by atoms with E-state index in [0.717, 1.165) is 19.4 Å². The van der Waals surface area contributed by atoms with Gasteiger partial charge in [-0.05, 0) is 32.6 Å². The second-order valence-corrected chi connectivity index (χ2v) is 9.07. The quantitative estimate of drug-likeness (QED) is 0.660. The largest absolute Gasteiger partial charge is 0.378 e. The van der Waals surface area contributed by atoms with E-state index in [1.54, 1.807) is 0 Å². The lowest BCUT2D eigenvalue weighted by Gasteiger charge is -2.30. The summed E-state index contributed by atoms with van der Waals surface area (Å²) in [4.78, 5) is 29.8. The lowest BCUT2D eigenvalue weighted by molar-refractivity contribution is -0.138. The third-order valence-corrected chi connectivity index (χ3v) is 6.82. The van der Waals surface area contributed by atoms with Crippen LogP contribution in [0.1, 0.15) is 53.4 Å². The van der Waals surface area contributed by atoms with Crippen LogP contribution in [0.5, 0.6) is 0 Å². The molecule has 0 saturated carbocycles. The standard InChI is InChI=1S/C22H39N3O4/c1-5-17(6-2)25-13-16(11-20(26)23-15(3)4)22-18(25)14-29-19(22)12-21(27)24-7-9-28-10-8-24/h15-19,22H,5-14H2,1-4H3,(H,23,26)/t16-,18-,19+,22-/m1/s1. The minimum absolute atomic E-state index is 0.0912. The average molecular weight is 410 g/mol. The van der Waals surface area contributed by atoms with Crippen LogP contribution in [0.15, 0.2) is 0 Å². The van der Waals surface area contributed by atoms with Crippen LogP contribution in [-0.4, -0.2) is 85.3 Å². The molecule has 166 valence electrons. The predicted octanol–water partition coefficient (Wildman–Crippen LogP) is 1.65. The van der Waals surface area contributed by atoms with Gasteiger partial charge in [0, 0.05) is 50.1 Å². The first-order valence-electron chi connectivity index (χ1n) is 11.5. The maximum absolute atomic E-state index is 12.8. The van der Waals surface area contributed by atoms with E-state index in [0.29, 0.717) is 57.8 Å². The van der Waals surface area contributed by atoms with Crippen molar-refractivity contribution in [1.29, 1.82) is 0 Å². The molecule has 0 unspecified atom stereocenters. The Morgan fingerprint density at radius 2 is 1.79 bits per heavy atom. The van der Waals surface area contributed by atoms with Crippen LogP contribution in [0.25, 0.3) is 0 Å². The summed E-state index contributed by atoms with van der Waals surface area (Å²) >= 11 is 0. The summed E-state index contributed by atoms with van der Waals surface area (Å²) < 4.78 is 11.6. The Balaban J connectivity index is 1.70. The van der Waals surface area contributed by atoms with Crippen molar-refractivity contribution in [3.8, 4) is 0 Å². The maximum atomic E-state index is 12.8. The van der Waals surface area contributed by atoms with Gasteiger partial charge in [0.25, 0.3) is 0 Å². The molecule has 7 nitrogen and oxygen atoms in total. The SMILES string of the molecule is CCC(CC)N1C[C@@H](CC(=O)NC(C)C)[C@H]2[C@H](CC(=O)N3CCOCC3)OC[C@H]21. The van der Waals surface area contributed by atoms with Crippen LogP contribution in [0, 0.1) is 11.8 Å². The molecule has 0 radical (unpaired) electrons. The van der Waals surface area contributed by atoms with E-state index in [9.17, 15) is 9.59 Å². The molecule has 4 atom stereocenters. The molecule has 0 bridgehead atoms. The van der Waals surface area contributed by atoms with Crippen LogP contribution in [0.3, 0.4) is 0 Å². The Bertz CT molecular complexity index is 560. The third-order valence-electron chi connectivity index (χ3n) is 6.82. The van der Waals surface area contributed by atoms with Gasteiger partial charge in [0.15, 0.2) is 0 Å². The molecule has 0 aromatic carbocycles. The number of fused-ring (bicyclic) bond motifs is 1. The van der Waals surface area contributed by atoms with Gasteiger partial charge in [0.1, 0.15) is 0 Å². The molecule has 0 spiro atoms. The van der Waals surface area contributed by atoms with Crippen LogP contribution in [0.2, 0.25) is 0 Å². The number of carbonyl (C=O) groups is 2. The van der Waals surface area contributed by atoms with Crippen molar-refractivity contribution in [2.45, 2.75) is 77.6 Å². The zero-order valence-corrected chi connectivity index (χ0v) is 18.6. The van der Waals surface area contributed by atoms with Crippen molar-refractivity contribution in [2.75, 3.05) is 39.5 Å². The zero-order valence-electron chi connectivity index (χ0n) is 18.6. The summed E-state index contributed by atoms with van der Waals surface area (Å²) in [7, 11) is 0. The highest BCUT2D eigenvalue weighted by atomic mass is 16.5. The number of hydrogen-bond donors (Lipinski definition) is 1. The van der Waals surface area contributed by atoms with Crippen LogP contribution < -0.4 is 5.32 Å². The molecule has 0 aromatic rings. The molecule has 3 aliphatic heterocycles. The van der Waals surface area contributed by atoms with Crippen molar-refractivity contribution >= 4 is 11.8 Å². The highest BCUT2D eigenvalue weighted by Crippen LogP contribution is 2.43. The zero-order chi connectivity index (χ0) is 21.0. The van der Waals surface area contributed by atoms with Crippen molar-refractivity contribution < 1.29 is 19.1 Å². The summed E-state index contributed by atoms with van der Waals surface area (Å²) in [6.45, 7) is 12.6. The topological polar surface area (TPSA) is 71.1 Å². The van der Waals surface area contributed by atoms with E-state index in [4.69, 9.17) is 9.47 Å². The molecule has 3 heterocycles. The molecular formula is C22H39N3O4. The Labute approximate surface area is 175 Å². The van der Waals surface area contributed by atoms with E-state index in [-0.39, 0.29) is 35.8 Å². The summed E-state index contributed by atoms with van der Waals surface area (Å²) in [6.07, 6.45) is 3.04. The molecule has 7 heteroatoms. The minimum Gasteiger partial charge on any atom is -0.378 e. The van der Waals surface area contributed by atoms with E-state index < -0.39 is 0 Å². The van der Waals surface area contributed by atoms with Gasteiger partial charge in [-0.25, -0.2) is 0 Å². The minimum atomic E-state index is -0.0912. The van der Waals surface area contributed by atoms with Crippen molar-refractivity contribution in [2.24, 2.45) is 11.8 Å². The number of amides is 2. The van der Waals surface area contributed by atoms with Crippen molar-refractivity contribution in [1.82, 2.24) is 15.1 Å². The fourth-order valence-corrected chi connectivity index (χ4v) is 5.46. The summed E-state index contributed by atoms with van der Waals surface area (Å²) in [5.74, 6) is 0.758. The summed E-state index contributed by atoms with van der Waals surface area (Å²) in [5.41, 5.74) is 0. The Morgan fingerprint density at radius 3 is 2.41 bits per heavy atom. The predicted molar refractivity (Wildman–Crippen MR) is 111 cm³/mol. The van der Waals surface area contributed by atoms with Gasteiger partial charge >= 0.3 is 0 Å². The fraction of sp³-hybridized carbons (Fsp3) is 0.909. The number of likely N-dealkylation sites (tertiary alicyclic amines) is 1. The summed E-state index contributed by atoms with van der Waals surface area (Å²) in [6, 6.07) is 0.977. The molecule has 0 aliphatic carbocycles. The highest BCUT2D eigenvalue weighted by molar-refractivity contribution is 5.77. The lowest BCUT2D eigenvalue weighted by atomic mass is 9.84. The molecule has 3 saturated heterocycles. The number of nitrogens with zero attached hydrogens (tertiary/aromatic N) is 2. The number of morpholine rings is 1. The smallest absolute Gasteiger partial charge is 0.225 e. The molecule has 1 N–H and O–H groups in total. The van der Waals surface area contributed by atoms with Gasteiger partial charge in [-0.3, -0.25) is 14.5 Å². The van der Waals surface area contributed by atoms with Gasteiger partial charge in [-0.1, -0.05) is 13.8 Å². The monoisotopic (exact) mass is 409 g/mol. The van der Waals surface area contributed by atoms with E-state index in [1.807, 2.05) is 18.7 Å². The second kappa shape index (κ2) is 10.2. The Morgan fingerprint density at radius 1 is 1.10 bits per heavy atom. The first-order valence-corrected chi connectivity index (χ1v) is 11.5. The normalized spacial score (nSPS) is 30.2. The van der Waals surface area contributed by atoms with E-state index in [2.05, 4.69) is 24.1 Å². The van der Waals surface area contributed by atoms with Crippen molar-refractivity contribution in [3.63, 3.8) is 0 Å². The number of hydrogen-bond acceptors (Lipinski definition) is 5. The Kier molecular flexibility index (Phi) is 7.93. The molecule has 2 amide bonds. The van der Waals surface area contributed by atoms with Gasteiger partial charge in [-0.15, -0.1) is 0 Å². The highest BCUT2D eigenvalue weighted by Gasteiger charge is 2.52. The number of rotatable bonds is 8. The maximum Gasteiger partial charge on any atom is 0.225 e. The van der Waals surface area contributed by atoms with Crippen LogP contribution in [0.4, 0.5) is 0 Å².